The van der Waals surface area contributed by atoms with Gasteiger partial charge in [0.15, 0.2) is 0 Å². The molecular weight excluding hydrogens is 270 g/mol. The molecule has 1 unspecified atom stereocenters. The van der Waals surface area contributed by atoms with Crippen LogP contribution in [0, 0.1) is 0 Å². The van der Waals surface area contributed by atoms with Crippen molar-refractivity contribution in [2.75, 3.05) is 6.61 Å². The number of nitrogens with zero attached hydrogens (tertiary/aromatic N) is 1. The molecule has 0 aliphatic carbocycles. The molecule has 0 amide bonds. The number of hydrogen-bond acceptors (Lipinski definition) is 5. The number of aromatic nitrogens is 1. The molecule has 1 atom stereocenters. The zero-order valence-corrected chi connectivity index (χ0v) is 11.7. The summed E-state index contributed by atoms with van der Waals surface area (Å²) in [6, 6.07) is 1.65. The van der Waals surface area contributed by atoms with Crippen LogP contribution < -0.4 is 0 Å². The van der Waals surface area contributed by atoms with E-state index in [9.17, 15) is 4.79 Å². The van der Waals surface area contributed by atoms with Gasteiger partial charge in [0.1, 0.15) is 11.1 Å². The van der Waals surface area contributed by atoms with E-state index in [1.165, 1.54) is 22.7 Å². The van der Waals surface area contributed by atoms with E-state index in [2.05, 4.69) is 4.98 Å². The molecule has 0 saturated carbocycles. The highest BCUT2D eigenvalue weighted by Gasteiger charge is 2.14. The molecule has 0 aliphatic rings. The molecule has 2 aromatic heterocycles. The van der Waals surface area contributed by atoms with Gasteiger partial charge in [0.05, 0.1) is 16.1 Å². The summed E-state index contributed by atoms with van der Waals surface area (Å²) in [5, 5.41) is 13.4. The summed E-state index contributed by atoms with van der Waals surface area (Å²) in [4.78, 5) is 16.2. The summed E-state index contributed by atoms with van der Waals surface area (Å²) in [5.74, 6) is -0.907. The molecule has 4 nitrogen and oxygen atoms in total. The van der Waals surface area contributed by atoms with Gasteiger partial charge >= 0.3 is 5.97 Å². The smallest absolute Gasteiger partial charge is 0.336 e. The molecule has 1 N–H and O–H groups in total. The molecule has 2 aromatic rings. The highest BCUT2D eigenvalue weighted by molar-refractivity contribution is 7.14. The first-order valence-electron chi connectivity index (χ1n) is 5.51. The molecular formula is C12H13NO3S2. The summed E-state index contributed by atoms with van der Waals surface area (Å²) in [6.07, 6.45) is -0.0207. The minimum atomic E-state index is -0.907. The van der Waals surface area contributed by atoms with Crippen molar-refractivity contribution in [3.05, 3.63) is 27.4 Å². The van der Waals surface area contributed by atoms with Crippen molar-refractivity contribution in [3.63, 3.8) is 0 Å². The molecule has 0 saturated heterocycles. The van der Waals surface area contributed by atoms with Gasteiger partial charge in [-0.1, -0.05) is 0 Å². The lowest BCUT2D eigenvalue weighted by Crippen LogP contribution is -1.98. The maximum absolute atomic E-state index is 10.8. The van der Waals surface area contributed by atoms with E-state index >= 15 is 0 Å². The zero-order valence-electron chi connectivity index (χ0n) is 10.0. The number of rotatable bonds is 5. The number of carbonyl (C=O) groups is 1. The average Bonchev–Trinajstić information content (AvgIpc) is 2.98. The summed E-state index contributed by atoms with van der Waals surface area (Å²) < 4.78 is 5.48. The summed E-state index contributed by atoms with van der Waals surface area (Å²) >= 11 is 2.93. The molecule has 0 fully saturated rings. The van der Waals surface area contributed by atoms with Gasteiger partial charge in [-0.25, -0.2) is 9.78 Å². The van der Waals surface area contributed by atoms with Gasteiger partial charge in [-0.2, -0.15) is 0 Å². The topological polar surface area (TPSA) is 59.4 Å². The number of carboxylic acid groups (broad SMARTS) is 1. The fourth-order valence-corrected chi connectivity index (χ4v) is 3.23. The van der Waals surface area contributed by atoms with Gasteiger partial charge in [-0.15, -0.1) is 22.7 Å². The van der Waals surface area contributed by atoms with Crippen molar-refractivity contribution < 1.29 is 14.6 Å². The predicted molar refractivity (Wildman–Crippen MR) is 72.4 cm³/mol. The van der Waals surface area contributed by atoms with Crippen molar-refractivity contribution in [1.82, 2.24) is 4.98 Å². The molecule has 0 radical (unpaired) electrons. The Kier molecular flexibility index (Phi) is 4.11. The van der Waals surface area contributed by atoms with E-state index < -0.39 is 5.97 Å². The van der Waals surface area contributed by atoms with Crippen molar-refractivity contribution in [2.45, 2.75) is 20.0 Å². The van der Waals surface area contributed by atoms with Gasteiger partial charge in [0.25, 0.3) is 0 Å². The number of thiophene rings is 1. The molecule has 0 spiro atoms. The van der Waals surface area contributed by atoms with Crippen LogP contribution >= 0.6 is 22.7 Å². The van der Waals surface area contributed by atoms with Gasteiger partial charge in [0, 0.05) is 17.4 Å². The average molecular weight is 283 g/mol. The third kappa shape index (κ3) is 2.77. The highest BCUT2D eigenvalue weighted by Crippen LogP contribution is 2.31. The Morgan fingerprint density at radius 1 is 1.50 bits per heavy atom. The third-order valence-electron chi connectivity index (χ3n) is 2.39. The molecule has 96 valence electrons. The summed E-state index contributed by atoms with van der Waals surface area (Å²) in [7, 11) is 0. The Morgan fingerprint density at radius 2 is 2.28 bits per heavy atom. The second-order valence-corrected chi connectivity index (χ2v) is 5.47. The second-order valence-electron chi connectivity index (χ2n) is 3.67. The van der Waals surface area contributed by atoms with E-state index in [-0.39, 0.29) is 6.10 Å². The van der Waals surface area contributed by atoms with E-state index in [1.807, 2.05) is 19.2 Å². The fourth-order valence-electron chi connectivity index (χ4n) is 1.49. The molecule has 6 heteroatoms. The number of thiazole rings is 1. The Morgan fingerprint density at radius 3 is 2.89 bits per heavy atom. The van der Waals surface area contributed by atoms with Crippen molar-refractivity contribution in [1.29, 1.82) is 0 Å². The van der Waals surface area contributed by atoms with Crippen molar-refractivity contribution in [3.8, 4) is 10.6 Å². The number of aromatic carboxylic acids is 1. The maximum Gasteiger partial charge on any atom is 0.336 e. The zero-order chi connectivity index (χ0) is 13.1. The van der Waals surface area contributed by atoms with Crippen LogP contribution in [-0.4, -0.2) is 22.7 Å². The Labute approximate surface area is 113 Å². The number of carboxylic acids is 1. The van der Waals surface area contributed by atoms with Crippen molar-refractivity contribution in [2.24, 2.45) is 0 Å². The molecule has 18 heavy (non-hydrogen) atoms. The van der Waals surface area contributed by atoms with Crippen LogP contribution in [-0.2, 0) is 4.74 Å². The molecule has 0 aliphatic heterocycles. The van der Waals surface area contributed by atoms with Crippen LogP contribution in [0.1, 0.15) is 35.3 Å². The van der Waals surface area contributed by atoms with E-state index in [0.29, 0.717) is 12.2 Å². The second kappa shape index (κ2) is 5.60. The van der Waals surface area contributed by atoms with Crippen LogP contribution in [0.5, 0.6) is 0 Å². The Balaban J connectivity index is 2.20. The first-order valence-corrected chi connectivity index (χ1v) is 7.27. The Bertz CT molecular complexity index is 547. The maximum atomic E-state index is 10.8. The standard InChI is InChI=1S/C12H13NO3S2/c1-3-16-7(2)11-13-9(6-18-11)10-4-8(5-17-10)12(14)15/h4-7H,3H2,1-2H3,(H,14,15). The number of hydrogen-bond donors (Lipinski definition) is 1. The van der Waals surface area contributed by atoms with Crippen molar-refractivity contribution >= 4 is 28.6 Å². The minimum absolute atomic E-state index is 0.0207. The molecule has 0 aromatic carbocycles. The van der Waals surface area contributed by atoms with Crippen LogP contribution in [0.25, 0.3) is 10.6 Å². The third-order valence-corrected chi connectivity index (χ3v) is 4.34. The van der Waals surface area contributed by atoms with Crippen LogP contribution in [0.2, 0.25) is 0 Å². The summed E-state index contributed by atoms with van der Waals surface area (Å²) in [6.45, 7) is 4.56. The highest BCUT2D eigenvalue weighted by atomic mass is 32.1. The first kappa shape index (κ1) is 13.2. The lowest BCUT2D eigenvalue weighted by atomic mass is 10.3. The van der Waals surface area contributed by atoms with E-state index in [0.717, 1.165) is 15.6 Å². The fraction of sp³-hybridized carbons (Fsp3) is 0.333. The van der Waals surface area contributed by atoms with Gasteiger partial charge in [0.2, 0.25) is 0 Å². The molecule has 2 rings (SSSR count). The van der Waals surface area contributed by atoms with Gasteiger partial charge in [-0.3, -0.25) is 0 Å². The van der Waals surface area contributed by atoms with E-state index in [4.69, 9.17) is 9.84 Å². The number of ether oxygens (including phenoxy) is 1. The first-order chi connectivity index (χ1) is 8.61. The Hall–Kier alpha value is -1.24. The van der Waals surface area contributed by atoms with Crippen LogP contribution in [0.3, 0.4) is 0 Å². The summed E-state index contributed by atoms with van der Waals surface area (Å²) in [5.41, 5.74) is 1.13. The molecule has 2 heterocycles. The lowest BCUT2D eigenvalue weighted by Gasteiger charge is -2.06. The monoisotopic (exact) mass is 283 g/mol. The normalized spacial score (nSPS) is 12.6. The predicted octanol–water partition coefficient (Wildman–Crippen LogP) is 3.67. The SMILES string of the molecule is CCOC(C)c1nc(-c2cc(C(=O)O)cs2)cs1. The lowest BCUT2D eigenvalue weighted by molar-refractivity contribution is 0.0697. The molecule has 0 bridgehead atoms. The van der Waals surface area contributed by atoms with E-state index in [1.54, 1.807) is 11.4 Å². The minimum Gasteiger partial charge on any atom is -0.478 e. The van der Waals surface area contributed by atoms with Gasteiger partial charge in [-0.05, 0) is 19.9 Å². The van der Waals surface area contributed by atoms with Gasteiger partial charge < -0.3 is 9.84 Å². The van der Waals surface area contributed by atoms with Crippen LogP contribution in [0.4, 0.5) is 0 Å². The largest absolute Gasteiger partial charge is 0.478 e. The van der Waals surface area contributed by atoms with Crippen LogP contribution in [0.15, 0.2) is 16.8 Å². The quantitative estimate of drug-likeness (QED) is 0.909.